The zero-order chi connectivity index (χ0) is 38.3. The Balaban J connectivity index is 0.000000321. The van der Waals surface area contributed by atoms with Gasteiger partial charge in [0, 0.05) is 27.5 Å². The van der Waals surface area contributed by atoms with Gasteiger partial charge in [0.1, 0.15) is 0 Å². The summed E-state index contributed by atoms with van der Waals surface area (Å²) in [6.07, 6.45) is 8.02. The van der Waals surface area contributed by atoms with Gasteiger partial charge in [-0.15, -0.1) is 0 Å². The number of carbonyl (C=O) groups is 1. The van der Waals surface area contributed by atoms with E-state index in [1.165, 1.54) is 21.9 Å². The third-order valence-corrected chi connectivity index (χ3v) is 12.1. The summed E-state index contributed by atoms with van der Waals surface area (Å²) in [7, 11) is 0. The lowest BCUT2D eigenvalue weighted by Gasteiger charge is -2.24. The summed E-state index contributed by atoms with van der Waals surface area (Å²) >= 11 is 8.04. The number of rotatable bonds is 13. The first kappa shape index (κ1) is 39.2. The van der Waals surface area contributed by atoms with Crippen molar-refractivity contribution in [1.29, 1.82) is 0 Å². The number of fused-ring (bicyclic) bond motifs is 2. The van der Waals surface area contributed by atoms with Crippen LogP contribution in [0.15, 0.2) is 121 Å². The molecule has 5 nitrogen and oxygen atoms in total. The molecule has 7 rings (SSSR count). The summed E-state index contributed by atoms with van der Waals surface area (Å²) in [5.74, 6) is 0.122. The minimum Gasteiger partial charge on any atom is -0.481 e. The summed E-state index contributed by atoms with van der Waals surface area (Å²) in [4.78, 5) is 16.2. The maximum absolute atomic E-state index is 11.5. The molecule has 1 heterocycles. The second kappa shape index (κ2) is 17.3. The molecule has 0 amide bonds. The van der Waals surface area contributed by atoms with E-state index in [0.29, 0.717) is 5.02 Å². The van der Waals surface area contributed by atoms with Gasteiger partial charge in [-0.1, -0.05) is 121 Å². The molecule has 4 N–H and O–H groups in total. The van der Waals surface area contributed by atoms with Crippen molar-refractivity contribution in [3.05, 3.63) is 160 Å². The molecule has 5 aromatic carbocycles. The minimum absolute atomic E-state index is 0.0814. The molecule has 278 valence electrons. The van der Waals surface area contributed by atoms with E-state index in [0.717, 1.165) is 64.7 Å². The Labute approximate surface area is 328 Å². The number of carboxylic acids is 1. The van der Waals surface area contributed by atoms with Gasteiger partial charge in [-0.25, -0.2) is 4.98 Å². The Bertz CT molecular complexity index is 2250. The number of aromatic nitrogens is 1. The molecule has 54 heavy (non-hydrogen) atoms. The summed E-state index contributed by atoms with van der Waals surface area (Å²) in [5.41, 5.74) is 12.3. The molecule has 2 atom stereocenters. The first-order chi connectivity index (χ1) is 25.9. The standard InChI is InChI=1S/C35H36ClNO3S.C12H13N/c1-34(2,40)30-9-4-3-7-25(30)13-17-32(41-23-35(18-19-35)22-33(38)39)27-8-5-6-24(20-27)10-15-29-16-12-26-11-14-28(36)21-31(26)37-29;1-9(13)11-8-4-6-10-5-2-3-7-12(10)11/h3-12,14-16,20-21,32,40H,13,17-19,22-23H2,1-2H3,(H,38,39);2-9H,13H2,1H3/b15-10+;/t32-;/m1./s1. The first-order valence-corrected chi connectivity index (χ1v) is 20.0. The van der Waals surface area contributed by atoms with Crippen molar-refractivity contribution in [1.82, 2.24) is 4.98 Å². The lowest BCUT2D eigenvalue weighted by molar-refractivity contribution is -0.138. The Hall–Kier alpha value is -4.46. The van der Waals surface area contributed by atoms with E-state index in [1.54, 1.807) is 0 Å². The number of nitrogens with zero attached hydrogens (tertiary/aromatic N) is 1. The quantitative estimate of drug-likeness (QED) is 0.109. The van der Waals surface area contributed by atoms with Gasteiger partial charge in [0.05, 0.1) is 23.2 Å². The molecule has 6 aromatic rings. The number of aliphatic hydroxyl groups is 1. The Morgan fingerprint density at radius 1 is 0.907 bits per heavy atom. The smallest absolute Gasteiger partial charge is 0.303 e. The average Bonchev–Trinajstić information content (AvgIpc) is 3.92. The van der Waals surface area contributed by atoms with Crippen molar-refractivity contribution >= 4 is 63.2 Å². The van der Waals surface area contributed by atoms with Crippen LogP contribution in [0.4, 0.5) is 0 Å². The summed E-state index contributed by atoms with van der Waals surface area (Å²) < 4.78 is 0. The van der Waals surface area contributed by atoms with E-state index in [1.807, 2.05) is 93.2 Å². The number of aryl methyl sites for hydroxylation is 1. The molecule has 1 aliphatic carbocycles. The predicted octanol–water partition coefficient (Wildman–Crippen LogP) is 11.8. The average molecular weight is 757 g/mol. The highest BCUT2D eigenvalue weighted by Gasteiger charge is 2.44. The van der Waals surface area contributed by atoms with E-state index in [9.17, 15) is 15.0 Å². The van der Waals surface area contributed by atoms with Crippen molar-refractivity contribution in [2.75, 3.05) is 5.75 Å². The molecule has 0 saturated heterocycles. The van der Waals surface area contributed by atoms with Gasteiger partial charge in [-0.05, 0) is 115 Å². The maximum Gasteiger partial charge on any atom is 0.303 e. The molecule has 0 aliphatic heterocycles. The number of pyridine rings is 1. The molecule has 1 saturated carbocycles. The van der Waals surface area contributed by atoms with Crippen molar-refractivity contribution in [3.63, 3.8) is 0 Å². The normalized spacial score (nSPS) is 14.8. The summed E-state index contributed by atoms with van der Waals surface area (Å²) in [5, 5.41) is 24.6. The Morgan fingerprint density at radius 2 is 1.63 bits per heavy atom. The van der Waals surface area contributed by atoms with E-state index >= 15 is 0 Å². The number of hydrogen-bond acceptors (Lipinski definition) is 5. The molecule has 1 aromatic heterocycles. The molecule has 0 radical (unpaired) electrons. The molecule has 1 unspecified atom stereocenters. The number of thioether (sulfide) groups is 1. The van der Waals surface area contributed by atoms with Crippen LogP contribution < -0.4 is 5.73 Å². The zero-order valence-corrected chi connectivity index (χ0v) is 32.8. The van der Waals surface area contributed by atoms with Crippen molar-refractivity contribution < 1.29 is 15.0 Å². The molecular formula is C47H49ClN2O3S. The highest BCUT2D eigenvalue weighted by Crippen LogP contribution is 2.53. The lowest BCUT2D eigenvalue weighted by atomic mass is 9.90. The third-order valence-electron chi connectivity index (χ3n) is 10.1. The van der Waals surface area contributed by atoms with E-state index < -0.39 is 11.6 Å². The number of carboxylic acid groups (broad SMARTS) is 1. The lowest BCUT2D eigenvalue weighted by Crippen LogP contribution is -2.18. The van der Waals surface area contributed by atoms with Gasteiger partial charge < -0.3 is 15.9 Å². The van der Waals surface area contributed by atoms with Crippen LogP contribution >= 0.6 is 23.4 Å². The molecule has 0 spiro atoms. The van der Waals surface area contributed by atoms with Crippen molar-refractivity contribution in [2.45, 2.75) is 69.8 Å². The van der Waals surface area contributed by atoms with Crippen LogP contribution in [-0.2, 0) is 16.8 Å². The fourth-order valence-electron chi connectivity index (χ4n) is 7.01. The van der Waals surface area contributed by atoms with Crippen LogP contribution in [0.5, 0.6) is 0 Å². The van der Waals surface area contributed by atoms with Gasteiger partial charge >= 0.3 is 5.97 Å². The van der Waals surface area contributed by atoms with Gasteiger partial charge in [-0.3, -0.25) is 4.79 Å². The second-order valence-corrected chi connectivity index (χ2v) is 16.7. The number of halogens is 1. The van der Waals surface area contributed by atoms with Crippen LogP contribution in [0, 0.1) is 5.41 Å². The minimum atomic E-state index is -0.911. The van der Waals surface area contributed by atoms with Crippen molar-refractivity contribution in [2.24, 2.45) is 11.1 Å². The summed E-state index contributed by atoms with van der Waals surface area (Å²) in [6, 6.07) is 41.2. The van der Waals surface area contributed by atoms with Gasteiger partial charge in [0.2, 0.25) is 0 Å². The first-order valence-electron chi connectivity index (χ1n) is 18.6. The van der Waals surface area contributed by atoms with Gasteiger partial charge in [-0.2, -0.15) is 11.8 Å². The largest absolute Gasteiger partial charge is 0.481 e. The SMILES string of the molecule is CC(C)(O)c1ccccc1CC[C@@H](SCC1(CC(=O)O)CC1)c1cccc(/C=C/c2ccc3ccc(Cl)cc3n2)c1.CC(N)c1cccc2ccccc12. The number of benzene rings is 5. The monoisotopic (exact) mass is 756 g/mol. The molecule has 1 fully saturated rings. The van der Waals surface area contributed by atoms with Crippen LogP contribution in [0.3, 0.4) is 0 Å². The number of nitrogens with two attached hydrogens (primary N) is 1. The maximum atomic E-state index is 11.5. The van der Waals surface area contributed by atoms with Crippen LogP contribution in [0.1, 0.15) is 91.3 Å². The molecule has 7 heteroatoms. The predicted molar refractivity (Wildman–Crippen MR) is 228 cm³/mol. The van der Waals surface area contributed by atoms with E-state index in [2.05, 4.69) is 72.8 Å². The van der Waals surface area contributed by atoms with Gasteiger partial charge in [0.25, 0.3) is 0 Å². The molecule has 1 aliphatic rings. The highest BCUT2D eigenvalue weighted by molar-refractivity contribution is 7.99. The van der Waals surface area contributed by atoms with E-state index in [4.69, 9.17) is 22.3 Å². The number of hydrogen-bond donors (Lipinski definition) is 3. The Kier molecular flexibility index (Phi) is 12.6. The third kappa shape index (κ3) is 10.4. The molecule has 0 bridgehead atoms. The van der Waals surface area contributed by atoms with Crippen LogP contribution in [-0.4, -0.2) is 26.9 Å². The zero-order valence-electron chi connectivity index (χ0n) is 31.2. The fraction of sp³-hybridized carbons (Fsp3) is 0.277. The highest BCUT2D eigenvalue weighted by atomic mass is 35.5. The second-order valence-electron chi connectivity index (χ2n) is 15.1. The van der Waals surface area contributed by atoms with Crippen molar-refractivity contribution in [3.8, 4) is 0 Å². The van der Waals surface area contributed by atoms with Crippen LogP contribution in [0.2, 0.25) is 5.02 Å². The van der Waals surface area contributed by atoms with Crippen LogP contribution in [0.25, 0.3) is 33.8 Å². The summed E-state index contributed by atoms with van der Waals surface area (Å²) in [6.45, 7) is 5.67. The van der Waals surface area contributed by atoms with Gasteiger partial charge in [0.15, 0.2) is 0 Å². The topological polar surface area (TPSA) is 96.4 Å². The Morgan fingerprint density at radius 3 is 2.39 bits per heavy atom. The van der Waals surface area contributed by atoms with E-state index in [-0.39, 0.29) is 23.1 Å². The fourth-order valence-corrected chi connectivity index (χ4v) is 8.74. The molecular weight excluding hydrogens is 708 g/mol. The number of aliphatic carboxylic acids is 1.